The lowest BCUT2D eigenvalue weighted by atomic mass is 10.1. The molecule has 5 nitrogen and oxygen atoms in total. The van der Waals surface area contributed by atoms with E-state index in [1.807, 2.05) is 11.8 Å². The molecule has 0 aliphatic heterocycles. The van der Waals surface area contributed by atoms with E-state index in [9.17, 15) is 10.2 Å². The largest absolute Gasteiger partial charge is 0.394 e. The van der Waals surface area contributed by atoms with Gasteiger partial charge in [0, 0.05) is 13.1 Å². The summed E-state index contributed by atoms with van der Waals surface area (Å²) in [6.45, 7) is 2.90. The van der Waals surface area contributed by atoms with Crippen molar-refractivity contribution in [1.29, 1.82) is 0 Å². The Morgan fingerprint density at radius 2 is 1.38 bits per heavy atom. The standard InChI is InChI=1S/C16H33NO4/c1-2-3-4-5-6-7-8-9-10-17(11-15(20)13-18)12-16(21)14-19/h2-3,15-16,18-21H,4-14H2,1H3/b3-2+. The third kappa shape index (κ3) is 13.0. The molecule has 0 saturated heterocycles. The normalized spacial score (nSPS) is 15.0. The Morgan fingerprint density at radius 1 is 0.857 bits per heavy atom. The van der Waals surface area contributed by atoms with Crippen molar-refractivity contribution in [1.82, 2.24) is 4.90 Å². The van der Waals surface area contributed by atoms with Gasteiger partial charge in [-0.2, -0.15) is 0 Å². The summed E-state index contributed by atoms with van der Waals surface area (Å²) < 4.78 is 0. The second kappa shape index (κ2) is 14.5. The summed E-state index contributed by atoms with van der Waals surface area (Å²) in [5.74, 6) is 0. The zero-order chi connectivity index (χ0) is 15.9. The maximum atomic E-state index is 9.49. The first-order chi connectivity index (χ1) is 10.1. The zero-order valence-electron chi connectivity index (χ0n) is 13.3. The summed E-state index contributed by atoms with van der Waals surface area (Å²) in [5, 5.41) is 36.8. The molecule has 5 heteroatoms. The molecular formula is C16H33NO4. The average Bonchev–Trinajstić information content (AvgIpc) is 2.49. The first-order valence-corrected chi connectivity index (χ1v) is 8.05. The van der Waals surface area contributed by atoms with Crippen molar-refractivity contribution in [2.75, 3.05) is 32.8 Å². The minimum atomic E-state index is -0.795. The van der Waals surface area contributed by atoms with Crippen molar-refractivity contribution >= 4 is 0 Å². The van der Waals surface area contributed by atoms with Crippen LogP contribution in [-0.2, 0) is 0 Å². The lowest BCUT2D eigenvalue weighted by Gasteiger charge is -2.26. The third-order valence-electron chi connectivity index (χ3n) is 3.44. The number of hydrogen-bond donors (Lipinski definition) is 4. The molecule has 21 heavy (non-hydrogen) atoms. The monoisotopic (exact) mass is 303 g/mol. The van der Waals surface area contributed by atoms with Gasteiger partial charge in [0.25, 0.3) is 0 Å². The smallest absolute Gasteiger partial charge is 0.0897 e. The summed E-state index contributed by atoms with van der Waals surface area (Å²) in [4.78, 5) is 1.90. The van der Waals surface area contributed by atoms with Gasteiger partial charge in [0.1, 0.15) is 0 Å². The van der Waals surface area contributed by atoms with Gasteiger partial charge >= 0.3 is 0 Å². The van der Waals surface area contributed by atoms with Gasteiger partial charge in [0.15, 0.2) is 0 Å². The fourth-order valence-corrected chi connectivity index (χ4v) is 2.26. The number of rotatable bonds is 14. The van der Waals surface area contributed by atoms with E-state index >= 15 is 0 Å². The van der Waals surface area contributed by atoms with Crippen LogP contribution in [-0.4, -0.2) is 70.4 Å². The number of hydrogen-bond acceptors (Lipinski definition) is 5. The SMILES string of the molecule is C/C=C/CCCCCCCN(CC(O)CO)CC(O)CO. The Balaban J connectivity index is 3.79. The molecule has 0 aromatic carbocycles. The molecule has 0 bridgehead atoms. The Bertz CT molecular complexity index is 236. The van der Waals surface area contributed by atoms with Gasteiger partial charge in [0.05, 0.1) is 25.4 Å². The number of unbranched alkanes of at least 4 members (excludes halogenated alkanes) is 5. The minimum absolute atomic E-state index is 0.281. The van der Waals surface area contributed by atoms with Crippen LogP contribution in [0.5, 0.6) is 0 Å². The number of aliphatic hydroxyl groups is 4. The van der Waals surface area contributed by atoms with Crippen molar-refractivity contribution in [3.8, 4) is 0 Å². The van der Waals surface area contributed by atoms with E-state index in [4.69, 9.17) is 10.2 Å². The van der Waals surface area contributed by atoms with Crippen LogP contribution in [0.25, 0.3) is 0 Å². The van der Waals surface area contributed by atoms with Gasteiger partial charge in [-0.25, -0.2) is 0 Å². The van der Waals surface area contributed by atoms with Crippen LogP contribution >= 0.6 is 0 Å². The fourth-order valence-electron chi connectivity index (χ4n) is 2.26. The lowest BCUT2D eigenvalue weighted by molar-refractivity contribution is 0.0228. The highest BCUT2D eigenvalue weighted by molar-refractivity contribution is 4.76. The van der Waals surface area contributed by atoms with E-state index in [1.165, 1.54) is 19.3 Å². The molecule has 0 aromatic rings. The van der Waals surface area contributed by atoms with Crippen molar-refractivity contribution < 1.29 is 20.4 Å². The van der Waals surface area contributed by atoms with E-state index in [-0.39, 0.29) is 13.2 Å². The maximum Gasteiger partial charge on any atom is 0.0897 e. The first kappa shape index (κ1) is 20.5. The number of aliphatic hydroxyl groups excluding tert-OH is 4. The van der Waals surface area contributed by atoms with E-state index in [2.05, 4.69) is 12.2 Å². The van der Waals surface area contributed by atoms with Gasteiger partial charge in [0.2, 0.25) is 0 Å². The number of allylic oxidation sites excluding steroid dienone is 2. The van der Waals surface area contributed by atoms with Crippen molar-refractivity contribution in [2.24, 2.45) is 0 Å². The van der Waals surface area contributed by atoms with Gasteiger partial charge in [-0.15, -0.1) is 0 Å². The topological polar surface area (TPSA) is 84.2 Å². The van der Waals surface area contributed by atoms with Gasteiger partial charge in [-0.3, -0.25) is 4.90 Å². The fraction of sp³-hybridized carbons (Fsp3) is 0.875. The van der Waals surface area contributed by atoms with E-state index in [0.29, 0.717) is 13.1 Å². The summed E-state index contributed by atoms with van der Waals surface area (Å²) in [6.07, 6.45) is 9.59. The van der Waals surface area contributed by atoms with Crippen LogP contribution < -0.4 is 0 Å². The average molecular weight is 303 g/mol. The molecule has 0 radical (unpaired) electrons. The highest BCUT2D eigenvalue weighted by Crippen LogP contribution is 2.07. The maximum absolute atomic E-state index is 9.49. The third-order valence-corrected chi connectivity index (χ3v) is 3.44. The van der Waals surface area contributed by atoms with Crippen LogP contribution in [0.3, 0.4) is 0 Å². The summed E-state index contributed by atoms with van der Waals surface area (Å²) >= 11 is 0. The Morgan fingerprint density at radius 3 is 1.90 bits per heavy atom. The van der Waals surface area contributed by atoms with Crippen LogP contribution in [0.2, 0.25) is 0 Å². The van der Waals surface area contributed by atoms with Crippen molar-refractivity contribution in [2.45, 2.75) is 57.7 Å². The molecule has 0 heterocycles. The molecule has 0 spiro atoms. The molecule has 4 N–H and O–H groups in total. The zero-order valence-corrected chi connectivity index (χ0v) is 13.3. The lowest BCUT2D eigenvalue weighted by Crippen LogP contribution is -2.40. The van der Waals surface area contributed by atoms with Crippen LogP contribution in [0.4, 0.5) is 0 Å². The van der Waals surface area contributed by atoms with E-state index < -0.39 is 12.2 Å². The van der Waals surface area contributed by atoms with Gasteiger partial charge in [-0.05, 0) is 32.7 Å². The predicted octanol–water partition coefficient (Wildman–Crippen LogP) is 0.911. The molecule has 0 aromatic heterocycles. The Labute approximate surface area is 128 Å². The quantitative estimate of drug-likeness (QED) is 0.283. The minimum Gasteiger partial charge on any atom is -0.394 e. The number of nitrogens with zero attached hydrogens (tertiary/aromatic N) is 1. The molecule has 0 rings (SSSR count). The van der Waals surface area contributed by atoms with Crippen LogP contribution in [0.1, 0.15) is 45.4 Å². The molecule has 126 valence electrons. The van der Waals surface area contributed by atoms with Gasteiger partial charge < -0.3 is 20.4 Å². The molecule has 2 unspecified atom stereocenters. The molecule has 0 fully saturated rings. The van der Waals surface area contributed by atoms with Crippen molar-refractivity contribution in [3.63, 3.8) is 0 Å². The van der Waals surface area contributed by atoms with Crippen molar-refractivity contribution in [3.05, 3.63) is 12.2 Å². The highest BCUT2D eigenvalue weighted by atomic mass is 16.3. The summed E-state index contributed by atoms with van der Waals surface area (Å²) in [5.41, 5.74) is 0. The molecule has 0 amide bonds. The van der Waals surface area contributed by atoms with E-state index in [0.717, 1.165) is 25.8 Å². The summed E-state index contributed by atoms with van der Waals surface area (Å²) in [6, 6.07) is 0. The second-order valence-corrected chi connectivity index (χ2v) is 5.56. The first-order valence-electron chi connectivity index (χ1n) is 8.05. The predicted molar refractivity (Wildman–Crippen MR) is 85.1 cm³/mol. The Kier molecular flexibility index (Phi) is 14.2. The highest BCUT2D eigenvalue weighted by Gasteiger charge is 2.14. The van der Waals surface area contributed by atoms with Crippen LogP contribution in [0.15, 0.2) is 12.2 Å². The molecule has 2 atom stereocenters. The molecular weight excluding hydrogens is 270 g/mol. The summed E-state index contributed by atoms with van der Waals surface area (Å²) in [7, 11) is 0. The van der Waals surface area contributed by atoms with Gasteiger partial charge in [-0.1, -0.05) is 31.4 Å². The molecule has 0 saturated carbocycles. The Hall–Kier alpha value is -0.460. The molecule has 0 aliphatic carbocycles. The van der Waals surface area contributed by atoms with Crippen LogP contribution in [0, 0.1) is 0 Å². The van der Waals surface area contributed by atoms with E-state index in [1.54, 1.807) is 0 Å². The molecule has 0 aliphatic rings. The second-order valence-electron chi connectivity index (χ2n) is 5.56.